The number of carbonyl (C=O) groups is 2. The molecule has 0 heterocycles. The Morgan fingerprint density at radius 3 is 1.65 bits per heavy atom. The SMILES string of the molecule is CC(C)(C)OC(=O)COC1CCC([S+](C2CCCCC2)C2CCC(OCOC(=O)C(C)(C)C)CC2)CC1. The van der Waals surface area contributed by atoms with Crippen LogP contribution < -0.4 is 0 Å². The topological polar surface area (TPSA) is 71.1 Å². The van der Waals surface area contributed by atoms with Crippen LogP contribution in [0.1, 0.15) is 125 Å². The Morgan fingerprint density at radius 1 is 0.676 bits per heavy atom. The summed E-state index contributed by atoms with van der Waals surface area (Å²) in [7, 11) is 0.447. The predicted molar refractivity (Wildman–Crippen MR) is 150 cm³/mol. The smallest absolute Gasteiger partial charge is 0.332 e. The van der Waals surface area contributed by atoms with E-state index in [1.165, 1.54) is 57.8 Å². The van der Waals surface area contributed by atoms with Gasteiger partial charge in [0, 0.05) is 0 Å². The van der Waals surface area contributed by atoms with Crippen molar-refractivity contribution < 1.29 is 28.5 Å². The average molecular weight is 542 g/mol. The molecule has 214 valence electrons. The van der Waals surface area contributed by atoms with Gasteiger partial charge in [0.15, 0.2) is 6.79 Å². The summed E-state index contributed by atoms with van der Waals surface area (Å²) in [5.41, 5.74) is -0.956. The van der Waals surface area contributed by atoms with Crippen LogP contribution in [0.2, 0.25) is 0 Å². The van der Waals surface area contributed by atoms with E-state index in [0.29, 0.717) is 10.9 Å². The van der Waals surface area contributed by atoms with E-state index >= 15 is 0 Å². The molecule has 0 amide bonds. The largest absolute Gasteiger partial charge is 0.458 e. The molecule has 3 aliphatic rings. The minimum Gasteiger partial charge on any atom is -0.458 e. The predicted octanol–water partition coefficient (Wildman–Crippen LogP) is 6.48. The van der Waals surface area contributed by atoms with Gasteiger partial charge in [0.25, 0.3) is 0 Å². The summed E-state index contributed by atoms with van der Waals surface area (Å²) in [5, 5.41) is 2.47. The Morgan fingerprint density at radius 2 is 1.16 bits per heavy atom. The summed E-state index contributed by atoms with van der Waals surface area (Å²) >= 11 is 0. The van der Waals surface area contributed by atoms with Gasteiger partial charge in [0.1, 0.15) is 28.0 Å². The van der Waals surface area contributed by atoms with E-state index in [0.717, 1.165) is 41.4 Å². The molecule has 3 saturated carbocycles. The highest BCUT2D eigenvalue weighted by Crippen LogP contribution is 2.41. The third-order valence-corrected chi connectivity index (χ3v) is 11.6. The van der Waals surface area contributed by atoms with Crippen LogP contribution in [0.25, 0.3) is 0 Å². The summed E-state index contributed by atoms with van der Waals surface area (Å²) < 4.78 is 22.7. The van der Waals surface area contributed by atoms with E-state index in [1.807, 2.05) is 41.5 Å². The van der Waals surface area contributed by atoms with Crippen molar-refractivity contribution in [1.82, 2.24) is 0 Å². The third-order valence-electron chi connectivity index (χ3n) is 7.91. The van der Waals surface area contributed by atoms with Crippen molar-refractivity contribution in [3.05, 3.63) is 0 Å². The molecule has 0 aromatic rings. The molecule has 3 fully saturated rings. The highest BCUT2D eigenvalue weighted by molar-refractivity contribution is 7.98. The van der Waals surface area contributed by atoms with Gasteiger partial charge in [-0.15, -0.1) is 0 Å². The van der Waals surface area contributed by atoms with E-state index < -0.39 is 11.0 Å². The molecule has 0 radical (unpaired) electrons. The first-order valence-electron chi connectivity index (χ1n) is 14.8. The van der Waals surface area contributed by atoms with Crippen LogP contribution in [0, 0.1) is 5.41 Å². The van der Waals surface area contributed by atoms with Crippen molar-refractivity contribution in [2.45, 2.75) is 159 Å². The van der Waals surface area contributed by atoms with Crippen LogP contribution in [0.15, 0.2) is 0 Å². The number of rotatable bonds is 9. The minimum atomic E-state index is -0.491. The normalized spacial score (nSPS) is 28.9. The Bertz CT molecular complexity index is 705. The fraction of sp³-hybridized carbons (Fsp3) is 0.933. The van der Waals surface area contributed by atoms with Crippen molar-refractivity contribution >= 4 is 22.8 Å². The van der Waals surface area contributed by atoms with Crippen LogP contribution in [0.4, 0.5) is 0 Å². The fourth-order valence-corrected chi connectivity index (χ4v) is 10.2. The highest BCUT2D eigenvalue weighted by atomic mass is 32.2. The molecular formula is C30H53O6S+. The molecular weight excluding hydrogens is 488 g/mol. The number of carbonyl (C=O) groups excluding carboxylic acids is 2. The van der Waals surface area contributed by atoms with Crippen LogP contribution in [0.5, 0.6) is 0 Å². The van der Waals surface area contributed by atoms with Crippen LogP contribution in [-0.4, -0.2) is 58.9 Å². The molecule has 0 aromatic heterocycles. The van der Waals surface area contributed by atoms with Crippen molar-refractivity contribution in [2.24, 2.45) is 5.41 Å². The van der Waals surface area contributed by atoms with Crippen molar-refractivity contribution in [3.8, 4) is 0 Å². The molecule has 0 saturated heterocycles. The second-order valence-electron chi connectivity index (χ2n) is 13.3. The van der Waals surface area contributed by atoms with Gasteiger partial charge in [-0.2, -0.15) is 0 Å². The van der Waals surface area contributed by atoms with Gasteiger partial charge in [-0.05, 0) is 129 Å². The van der Waals surface area contributed by atoms with Gasteiger partial charge in [-0.1, -0.05) is 6.42 Å². The first kappa shape index (κ1) is 30.7. The fourth-order valence-electron chi connectivity index (χ4n) is 6.05. The van der Waals surface area contributed by atoms with Crippen LogP contribution in [-0.2, 0) is 39.4 Å². The Kier molecular flexibility index (Phi) is 11.7. The summed E-state index contributed by atoms with van der Waals surface area (Å²) in [6, 6.07) is 0. The van der Waals surface area contributed by atoms with Crippen molar-refractivity contribution in [3.63, 3.8) is 0 Å². The Balaban J connectivity index is 1.47. The molecule has 0 aliphatic heterocycles. The molecule has 3 rings (SSSR count). The number of esters is 2. The van der Waals surface area contributed by atoms with E-state index in [-0.39, 0.29) is 37.5 Å². The van der Waals surface area contributed by atoms with Gasteiger partial charge in [0.05, 0.1) is 17.6 Å². The molecule has 1 atom stereocenters. The molecule has 0 bridgehead atoms. The van der Waals surface area contributed by atoms with Crippen molar-refractivity contribution in [2.75, 3.05) is 13.4 Å². The summed E-state index contributed by atoms with van der Waals surface area (Å²) in [4.78, 5) is 24.1. The first-order valence-corrected chi connectivity index (χ1v) is 16.2. The molecule has 37 heavy (non-hydrogen) atoms. The zero-order chi connectivity index (χ0) is 27.1. The lowest BCUT2D eigenvalue weighted by Crippen LogP contribution is -2.46. The maximum atomic E-state index is 12.1. The first-order chi connectivity index (χ1) is 17.4. The van der Waals surface area contributed by atoms with Gasteiger partial charge < -0.3 is 18.9 Å². The van der Waals surface area contributed by atoms with Crippen molar-refractivity contribution in [1.29, 1.82) is 0 Å². The second kappa shape index (κ2) is 14.0. The van der Waals surface area contributed by atoms with E-state index in [1.54, 1.807) is 0 Å². The van der Waals surface area contributed by atoms with Crippen LogP contribution >= 0.6 is 0 Å². The maximum Gasteiger partial charge on any atom is 0.332 e. The van der Waals surface area contributed by atoms with E-state index in [4.69, 9.17) is 18.9 Å². The lowest BCUT2D eigenvalue weighted by molar-refractivity contribution is -0.171. The standard InChI is InChI=1S/C30H53O6S/c1-29(2,3)28(32)35-21-34-23-14-18-26(19-15-23)37(24-10-8-7-9-11-24)25-16-12-22(13-17-25)33-20-27(31)36-30(4,5)6/h22-26H,7-21H2,1-6H3/q+1. The van der Waals surface area contributed by atoms with Gasteiger partial charge >= 0.3 is 11.9 Å². The molecule has 1 unspecified atom stereocenters. The van der Waals surface area contributed by atoms with E-state index in [9.17, 15) is 9.59 Å². The zero-order valence-corrected chi connectivity index (χ0v) is 25.2. The van der Waals surface area contributed by atoms with E-state index in [2.05, 4.69) is 0 Å². The average Bonchev–Trinajstić information content (AvgIpc) is 2.84. The maximum absolute atomic E-state index is 12.1. The van der Waals surface area contributed by atoms with Gasteiger partial charge in [0.2, 0.25) is 0 Å². The minimum absolute atomic E-state index is 0.0655. The monoisotopic (exact) mass is 541 g/mol. The molecule has 6 nitrogen and oxygen atoms in total. The lowest BCUT2D eigenvalue weighted by atomic mass is 9.96. The Labute approximate surface area is 228 Å². The molecule has 0 aromatic carbocycles. The van der Waals surface area contributed by atoms with Gasteiger partial charge in [-0.3, -0.25) is 4.79 Å². The molecule has 3 aliphatic carbocycles. The second-order valence-corrected chi connectivity index (χ2v) is 16.1. The zero-order valence-electron chi connectivity index (χ0n) is 24.4. The summed E-state index contributed by atoms with van der Waals surface area (Å²) in [6.07, 6.45) is 16.5. The molecule has 7 heteroatoms. The quantitative estimate of drug-likeness (QED) is 0.189. The molecule has 0 spiro atoms. The molecule has 0 N–H and O–H groups in total. The number of hydrogen-bond acceptors (Lipinski definition) is 6. The van der Waals surface area contributed by atoms with Gasteiger partial charge in [-0.25, -0.2) is 4.79 Å². The third kappa shape index (κ3) is 10.4. The number of hydrogen-bond donors (Lipinski definition) is 0. The number of ether oxygens (including phenoxy) is 4. The Hall–Kier alpha value is -0.790. The summed E-state index contributed by atoms with van der Waals surface area (Å²) in [5.74, 6) is -0.463. The van der Waals surface area contributed by atoms with Crippen LogP contribution in [0.3, 0.4) is 0 Å². The lowest BCUT2D eigenvalue weighted by Gasteiger charge is -2.38. The highest BCUT2D eigenvalue weighted by Gasteiger charge is 2.47. The summed E-state index contributed by atoms with van der Waals surface area (Å²) in [6.45, 7) is 11.4.